The van der Waals surface area contributed by atoms with Crippen LogP contribution in [0.4, 0.5) is 0 Å². The number of phosphoric ester groups is 1. The van der Waals surface area contributed by atoms with E-state index in [9.17, 15) is 9.46 Å². The molecule has 0 aliphatic heterocycles. The number of phosphoric acid groups is 1. The average molecular weight is 524 g/mol. The molecule has 0 aromatic heterocycles. The Bertz CT molecular complexity index is 501. The Balaban J connectivity index is 4.22. The Kier molecular flexibility index (Phi) is 23.1. The summed E-state index contributed by atoms with van der Waals surface area (Å²) in [4.78, 5) is 12.1. The summed E-state index contributed by atoms with van der Waals surface area (Å²) >= 11 is 0. The van der Waals surface area contributed by atoms with Crippen molar-refractivity contribution in [1.29, 1.82) is 0 Å². The van der Waals surface area contributed by atoms with Crippen LogP contribution in [0.3, 0.4) is 0 Å². The maximum absolute atomic E-state index is 12.1. The van der Waals surface area contributed by atoms with Crippen LogP contribution in [-0.2, 0) is 23.1 Å². The van der Waals surface area contributed by atoms with Gasteiger partial charge in [0.05, 0.1) is 34.4 Å². The van der Waals surface area contributed by atoms with Gasteiger partial charge in [-0.15, -0.1) is 0 Å². The predicted molar refractivity (Wildman–Crippen MR) is 144 cm³/mol. The second-order valence-electron chi connectivity index (χ2n) is 10.8. The van der Waals surface area contributed by atoms with E-state index in [1.165, 1.54) is 77.0 Å². The monoisotopic (exact) mass is 523 g/mol. The molecule has 0 heterocycles. The van der Waals surface area contributed by atoms with Crippen LogP contribution in [0.5, 0.6) is 0 Å². The molecule has 8 heteroatoms. The van der Waals surface area contributed by atoms with Crippen molar-refractivity contribution in [1.82, 2.24) is 0 Å². The first kappa shape index (κ1) is 35.0. The van der Waals surface area contributed by atoms with Crippen LogP contribution < -0.4 is 4.89 Å². The lowest BCUT2D eigenvalue weighted by Crippen LogP contribution is -2.37. The van der Waals surface area contributed by atoms with Crippen molar-refractivity contribution in [2.75, 3.05) is 60.7 Å². The zero-order valence-electron chi connectivity index (χ0n) is 23.8. The standard InChI is InChI=1S/C27H58NO6P/c1-6-8-10-12-14-16-17-19-22-31-25-27(32-23-20-18-15-13-11-9-7-2)26-34-35(29,30)33-24-21-28(3,4)5/h27H,6-26H2,1-5H3. The topological polar surface area (TPSA) is 77.1 Å². The maximum Gasteiger partial charge on any atom is 0.268 e. The molecule has 2 unspecified atom stereocenters. The Morgan fingerprint density at radius 1 is 0.657 bits per heavy atom. The van der Waals surface area contributed by atoms with Crippen molar-refractivity contribution < 1.29 is 32.5 Å². The van der Waals surface area contributed by atoms with Gasteiger partial charge in [0.2, 0.25) is 0 Å². The molecule has 0 fully saturated rings. The molecule has 0 aromatic carbocycles. The van der Waals surface area contributed by atoms with Crippen LogP contribution in [0.1, 0.15) is 110 Å². The summed E-state index contributed by atoms with van der Waals surface area (Å²) < 4.78 is 34.7. The number of likely N-dealkylation sites (N-methyl/N-ethyl adjacent to an activating group) is 1. The Morgan fingerprint density at radius 3 is 1.66 bits per heavy atom. The highest BCUT2D eigenvalue weighted by Crippen LogP contribution is 2.38. The SMILES string of the molecule is CCCCCCCCCCOCC(COP(=O)([O-])OCC[N+](C)(C)C)OCCCCCCCCC. The predicted octanol–water partition coefficient (Wildman–Crippen LogP) is 6.49. The molecule has 0 spiro atoms. The second kappa shape index (κ2) is 23.1. The fraction of sp³-hybridized carbons (Fsp3) is 1.00. The van der Waals surface area contributed by atoms with Crippen molar-refractivity contribution in [3.05, 3.63) is 0 Å². The van der Waals surface area contributed by atoms with E-state index in [4.69, 9.17) is 18.5 Å². The number of ether oxygens (including phenoxy) is 2. The number of hydrogen-bond donors (Lipinski definition) is 0. The normalized spacial score (nSPS) is 14.8. The van der Waals surface area contributed by atoms with Gasteiger partial charge in [-0.05, 0) is 12.8 Å². The summed E-state index contributed by atoms with van der Waals surface area (Å²) in [5, 5.41) is 0. The summed E-state index contributed by atoms with van der Waals surface area (Å²) in [5.41, 5.74) is 0. The van der Waals surface area contributed by atoms with E-state index < -0.39 is 13.9 Å². The second-order valence-corrected chi connectivity index (χ2v) is 12.2. The minimum atomic E-state index is -4.35. The first-order valence-electron chi connectivity index (χ1n) is 14.3. The van der Waals surface area contributed by atoms with E-state index in [0.29, 0.717) is 30.8 Å². The maximum atomic E-state index is 12.1. The molecule has 0 radical (unpaired) electrons. The largest absolute Gasteiger partial charge is 0.756 e. The molecule has 7 nitrogen and oxygen atoms in total. The zero-order valence-corrected chi connectivity index (χ0v) is 24.7. The number of rotatable bonds is 27. The van der Waals surface area contributed by atoms with Gasteiger partial charge < -0.3 is 27.9 Å². The third kappa shape index (κ3) is 26.9. The first-order chi connectivity index (χ1) is 16.7. The van der Waals surface area contributed by atoms with Crippen molar-refractivity contribution in [2.24, 2.45) is 0 Å². The van der Waals surface area contributed by atoms with Gasteiger partial charge in [0.25, 0.3) is 7.82 Å². The summed E-state index contributed by atoms with van der Waals surface area (Å²) in [5.74, 6) is 0. The number of unbranched alkanes of at least 4 members (excludes halogenated alkanes) is 13. The highest BCUT2D eigenvalue weighted by atomic mass is 31.2. The van der Waals surface area contributed by atoms with Crippen LogP contribution >= 0.6 is 7.82 Å². The molecule has 0 bridgehead atoms. The third-order valence-electron chi connectivity index (χ3n) is 5.98. The fourth-order valence-electron chi connectivity index (χ4n) is 3.64. The molecule has 0 saturated carbocycles. The Labute approximate surface area is 217 Å². The highest BCUT2D eigenvalue weighted by Gasteiger charge is 2.17. The third-order valence-corrected chi connectivity index (χ3v) is 6.94. The van der Waals surface area contributed by atoms with Crippen molar-refractivity contribution in [2.45, 2.75) is 116 Å². The Hall–Kier alpha value is -0.0100. The molecule has 0 amide bonds. The van der Waals surface area contributed by atoms with E-state index in [1.54, 1.807) is 0 Å². The molecule has 0 aromatic rings. The summed E-state index contributed by atoms with van der Waals surface area (Å²) in [6, 6.07) is 0. The summed E-state index contributed by atoms with van der Waals surface area (Å²) in [7, 11) is 1.60. The van der Waals surface area contributed by atoms with Gasteiger partial charge in [0.15, 0.2) is 0 Å². The highest BCUT2D eigenvalue weighted by molar-refractivity contribution is 7.45. The number of nitrogens with zero attached hydrogens (tertiary/aromatic N) is 1. The van der Waals surface area contributed by atoms with Crippen LogP contribution in [0.2, 0.25) is 0 Å². The smallest absolute Gasteiger partial charge is 0.268 e. The lowest BCUT2D eigenvalue weighted by Gasteiger charge is -2.28. The van der Waals surface area contributed by atoms with Crippen molar-refractivity contribution in [3.8, 4) is 0 Å². The summed E-state index contributed by atoms with van der Waals surface area (Å²) in [6.45, 7) is 6.67. The van der Waals surface area contributed by atoms with E-state index in [2.05, 4.69) is 13.8 Å². The van der Waals surface area contributed by atoms with Gasteiger partial charge >= 0.3 is 0 Å². The van der Waals surface area contributed by atoms with Gasteiger partial charge in [-0.25, -0.2) is 0 Å². The molecule has 35 heavy (non-hydrogen) atoms. The van der Waals surface area contributed by atoms with Gasteiger partial charge in [-0.1, -0.05) is 97.3 Å². The average Bonchev–Trinajstić information content (AvgIpc) is 2.78. The van der Waals surface area contributed by atoms with E-state index in [0.717, 1.165) is 19.3 Å². The van der Waals surface area contributed by atoms with Crippen LogP contribution in [-0.4, -0.2) is 71.3 Å². The minimum Gasteiger partial charge on any atom is -0.756 e. The van der Waals surface area contributed by atoms with Crippen molar-refractivity contribution in [3.63, 3.8) is 0 Å². The lowest BCUT2D eigenvalue weighted by molar-refractivity contribution is -0.870. The molecule has 0 aliphatic rings. The molecule has 2 atom stereocenters. The van der Waals surface area contributed by atoms with Gasteiger partial charge in [0, 0.05) is 13.2 Å². The van der Waals surface area contributed by atoms with E-state index in [-0.39, 0.29) is 13.2 Å². The number of quaternary nitrogens is 1. The van der Waals surface area contributed by atoms with Gasteiger partial charge in [0.1, 0.15) is 19.3 Å². The first-order valence-corrected chi connectivity index (χ1v) is 15.8. The molecular formula is C27H58NO6P. The van der Waals surface area contributed by atoms with Crippen LogP contribution in [0, 0.1) is 0 Å². The summed E-state index contributed by atoms with van der Waals surface area (Å²) in [6.07, 6.45) is 18.1. The van der Waals surface area contributed by atoms with E-state index in [1.807, 2.05) is 21.1 Å². The molecular weight excluding hydrogens is 465 g/mol. The molecule has 0 aliphatic carbocycles. The molecule has 0 rings (SSSR count). The number of hydrogen-bond acceptors (Lipinski definition) is 6. The van der Waals surface area contributed by atoms with Gasteiger partial charge in [-0.2, -0.15) is 0 Å². The molecule has 0 N–H and O–H groups in total. The van der Waals surface area contributed by atoms with Gasteiger partial charge in [-0.3, -0.25) is 4.57 Å². The van der Waals surface area contributed by atoms with Crippen LogP contribution in [0.25, 0.3) is 0 Å². The quantitative estimate of drug-likeness (QED) is 0.0696. The zero-order chi connectivity index (χ0) is 26.3. The van der Waals surface area contributed by atoms with E-state index >= 15 is 0 Å². The minimum absolute atomic E-state index is 0.0704. The molecule has 0 saturated heterocycles. The lowest BCUT2D eigenvalue weighted by atomic mass is 10.1. The molecule has 212 valence electrons. The van der Waals surface area contributed by atoms with Crippen molar-refractivity contribution >= 4 is 7.82 Å². The Morgan fingerprint density at radius 2 is 1.14 bits per heavy atom. The van der Waals surface area contributed by atoms with Crippen LogP contribution in [0.15, 0.2) is 0 Å². The fourth-order valence-corrected chi connectivity index (χ4v) is 4.37.